The fourth-order valence-electron chi connectivity index (χ4n) is 11.3. The van der Waals surface area contributed by atoms with E-state index in [0.29, 0.717) is 27.1 Å². The highest BCUT2D eigenvalue weighted by Gasteiger charge is 2.68. The molecule has 0 heterocycles. The SMILES string of the molecule is CCC1=C2CC[C@]3(C)[C@H](CC[C@@H]4[C@@]5(C)CCCC(C)(C)[C@@H]5CC[C@]43C)[C@@]2(C)CC1. The van der Waals surface area contributed by atoms with Gasteiger partial charge in [0.2, 0.25) is 0 Å². The molecule has 0 saturated heterocycles. The van der Waals surface area contributed by atoms with E-state index in [0.717, 1.165) is 17.8 Å². The van der Waals surface area contributed by atoms with Crippen LogP contribution in [0, 0.1) is 44.8 Å². The van der Waals surface area contributed by atoms with Crippen LogP contribution in [0.3, 0.4) is 0 Å². The van der Waals surface area contributed by atoms with Gasteiger partial charge in [0.1, 0.15) is 0 Å². The van der Waals surface area contributed by atoms with E-state index in [1.54, 1.807) is 0 Å². The molecular formula is C29H48. The fourth-order valence-corrected chi connectivity index (χ4v) is 11.3. The second kappa shape index (κ2) is 6.16. The Bertz CT molecular complexity index is 726. The summed E-state index contributed by atoms with van der Waals surface area (Å²) in [6.45, 7) is 18.7. The van der Waals surface area contributed by atoms with Gasteiger partial charge >= 0.3 is 0 Å². The third-order valence-corrected chi connectivity index (χ3v) is 12.8. The molecule has 0 radical (unpaired) electrons. The van der Waals surface area contributed by atoms with Crippen molar-refractivity contribution < 1.29 is 0 Å². The summed E-state index contributed by atoms with van der Waals surface area (Å²) in [5.74, 6) is 2.84. The van der Waals surface area contributed by atoms with Crippen LogP contribution in [0.25, 0.3) is 0 Å². The molecule has 0 heteroatoms. The molecule has 0 unspecified atom stereocenters. The predicted molar refractivity (Wildman–Crippen MR) is 125 cm³/mol. The maximum atomic E-state index is 2.79. The Morgan fingerprint density at radius 2 is 1.38 bits per heavy atom. The van der Waals surface area contributed by atoms with Gasteiger partial charge in [-0.2, -0.15) is 0 Å². The van der Waals surface area contributed by atoms with E-state index in [1.807, 2.05) is 11.1 Å². The quantitative estimate of drug-likeness (QED) is 0.388. The van der Waals surface area contributed by atoms with E-state index < -0.39 is 0 Å². The van der Waals surface area contributed by atoms with Crippen LogP contribution in [0.2, 0.25) is 0 Å². The van der Waals surface area contributed by atoms with Crippen molar-refractivity contribution >= 4 is 0 Å². The van der Waals surface area contributed by atoms with Gasteiger partial charge in [0.15, 0.2) is 0 Å². The van der Waals surface area contributed by atoms with E-state index in [9.17, 15) is 0 Å². The molecule has 0 nitrogen and oxygen atoms in total. The molecule has 5 rings (SSSR count). The van der Waals surface area contributed by atoms with Gasteiger partial charge in [0, 0.05) is 0 Å². The Hall–Kier alpha value is -0.260. The standard InChI is InChI=1S/C29H48/c1-8-20-12-17-26(4)21(20)13-18-28(6)23(26)10-11-24-27(5)16-9-15-25(2,3)22(27)14-19-29(24,28)7/h22-24H,8-19H2,1-7H3/t22-,23+,24+,26-,27-,28+,29+/m0/s1. The van der Waals surface area contributed by atoms with Crippen LogP contribution in [0.15, 0.2) is 11.1 Å². The maximum Gasteiger partial charge on any atom is -0.00770 e. The van der Waals surface area contributed by atoms with E-state index >= 15 is 0 Å². The lowest BCUT2D eigenvalue weighted by molar-refractivity contribution is -0.226. The largest absolute Gasteiger partial charge is 0.0707 e. The summed E-state index contributed by atoms with van der Waals surface area (Å²) in [6.07, 6.45) is 17.5. The molecule has 7 atom stereocenters. The van der Waals surface area contributed by atoms with E-state index in [4.69, 9.17) is 0 Å². The zero-order valence-corrected chi connectivity index (χ0v) is 20.7. The van der Waals surface area contributed by atoms with Crippen molar-refractivity contribution in [2.75, 3.05) is 0 Å². The maximum absolute atomic E-state index is 2.79. The first-order chi connectivity index (χ1) is 13.5. The van der Waals surface area contributed by atoms with Crippen molar-refractivity contribution in [3.05, 3.63) is 11.1 Å². The Morgan fingerprint density at radius 3 is 2.10 bits per heavy atom. The van der Waals surface area contributed by atoms with Crippen molar-refractivity contribution in [3.63, 3.8) is 0 Å². The third kappa shape index (κ3) is 2.39. The van der Waals surface area contributed by atoms with Crippen molar-refractivity contribution in [1.29, 1.82) is 0 Å². The minimum atomic E-state index is 0.524. The van der Waals surface area contributed by atoms with Gasteiger partial charge in [-0.25, -0.2) is 0 Å². The lowest BCUT2D eigenvalue weighted by Gasteiger charge is -2.72. The minimum absolute atomic E-state index is 0.524. The van der Waals surface area contributed by atoms with Gasteiger partial charge in [-0.15, -0.1) is 0 Å². The van der Waals surface area contributed by atoms with Gasteiger partial charge in [0.25, 0.3) is 0 Å². The van der Waals surface area contributed by atoms with Crippen LogP contribution in [-0.2, 0) is 0 Å². The number of allylic oxidation sites excluding steroid dienone is 2. The molecule has 0 N–H and O–H groups in total. The summed E-state index contributed by atoms with van der Waals surface area (Å²) >= 11 is 0. The molecule has 0 aromatic heterocycles. The van der Waals surface area contributed by atoms with Gasteiger partial charge in [-0.05, 0) is 115 Å². The molecule has 164 valence electrons. The molecule has 0 aromatic carbocycles. The van der Waals surface area contributed by atoms with Gasteiger partial charge in [-0.3, -0.25) is 0 Å². The molecule has 5 aliphatic rings. The van der Waals surface area contributed by atoms with Crippen molar-refractivity contribution in [2.24, 2.45) is 44.8 Å². The average molecular weight is 397 g/mol. The monoisotopic (exact) mass is 396 g/mol. The lowest BCUT2D eigenvalue weighted by atomic mass is 9.32. The summed E-state index contributed by atoms with van der Waals surface area (Å²) in [6, 6.07) is 0. The number of rotatable bonds is 1. The zero-order chi connectivity index (χ0) is 20.9. The van der Waals surface area contributed by atoms with Crippen LogP contribution < -0.4 is 0 Å². The molecule has 0 spiro atoms. The lowest BCUT2D eigenvalue weighted by Crippen LogP contribution is -2.65. The second-order valence-corrected chi connectivity index (χ2v) is 13.8. The molecule has 0 aromatic rings. The van der Waals surface area contributed by atoms with E-state index in [2.05, 4.69) is 48.5 Å². The first kappa shape index (κ1) is 20.6. The van der Waals surface area contributed by atoms with Gasteiger partial charge in [-0.1, -0.05) is 66.0 Å². The number of hydrogen-bond donors (Lipinski definition) is 0. The number of hydrogen-bond acceptors (Lipinski definition) is 0. The molecule has 0 amide bonds. The Balaban J connectivity index is 1.56. The Labute approximate surface area is 181 Å². The summed E-state index contributed by atoms with van der Waals surface area (Å²) < 4.78 is 0. The summed E-state index contributed by atoms with van der Waals surface area (Å²) in [5.41, 5.74) is 6.56. The average Bonchev–Trinajstić information content (AvgIpc) is 2.98. The van der Waals surface area contributed by atoms with E-state index in [-0.39, 0.29) is 0 Å². The van der Waals surface area contributed by atoms with Gasteiger partial charge < -0.3 is 0 Å². The molecule has 4 saturated carbocycles. The molecule has 4 fully saturated rings. The van der Waals surface area contributed by atoms with Crippen LogP contribution in [0.5, 0.6) is 0 Å². The van der Waals surface area contributed by atoms with Crippen LogP contribution >= 0.6 is 0 Å². The highest BCUT2D eigenvalue weighted by Crippen LogP contribution is 2.77. The minimum Gasteiger partial charge on any atom is -0.0707 e. The normalized spacial score (nSPS) is 53.7. The first-order valence-electron chi connectivity index (χ1n) is 13.2. The third-order valence-electron chi connectivity index (χ3n) is 12.8. The summed E-state index contributed by atoms with van der Waals surface area (Å²) in [4.78, 5) is 0. The smallest absolute Gasteiger partial charge is 0.00770 e. The topological polar surface area (TPSA) is 0 Å². The highest BCUT2D eigenvalue weighted by molar-refractivity contribution is 5.34. The Kier molecular flexibility index (Phi) is 4.38. The fraction of sp³-hybridized carbons (Fsp3) is 0.931. The summed E-state index contributed by atoms with van der Waals surface area (Å²) in [7, 11) is 0. The molecule has 0 bridgehead atoms. The zero-order valence-electron chi connectivity index (χ0n) is 20.7. The number of fused-ring (bicyclic) bond motifs is 7. The second-order valence-electron chi connectivity index (χ2n) is 13.8. The van der Waals surface area contributed by atoms with Crippen LogP contribution in [-0.4, -0.2) is 0 Å². The Morgan fingerprint density at radius 1 is 0.690 bits per heavy atom. The van der Waals surface area contributed by atoms with Gasteiger partial charge in [0.05, 0.1) is 0 Å². The van der Waals surface area contributed by atoms with Crippen LogP contribution in [0.1, 0.15) is 126 Å². The molecule has 29 heavy (non-hydrogen) atoms. The highest BCUT2D eigenvalue weighted by atomic mass is 14.7. The molecule has 5 aliphatic carbocycles. The molecule has 0 aliphatic heterocycles. The van der Waals surface area contributed by atoms with Crippen molar-refractivity contribution in [3.8, 4) is 0 Å². The van der Waals surface area contributed by atoms with Crippen molar-refractivity contribution in [2.45, 2.75) is 126 Å². The molecular weight excluding hydrogens is 348 g/mol. The van der Waals surface area contributed by atoms with Crippen LogP contribution in [0.4, 0.5) is 0 Å². The predicted octanol–water partition coefficient (Wildman–Crippen LogP) is 8.95. The van der Waals surface area contributed by atoms with Crippen molar-refractivity contribution in [1.82, 2.24) is 0 Å². The summed E-state index contributed by atoms with van der Waals surface area (Å²) in [5, 5.41) is 0. The first-order valence-corrected chi connectivity index (χ1v) is 13.2. The van der Waals surface area contributed by atoms with E-state index in [1.165, 1.54) is 77.0 Å².